The van der Waals surface area contributed by atoms with Gasteiger partial charge < -0.3 is 9.47 Å². The third kappa shape index (κ3) is 7.14. The summed E-state index contributed by atoms with van der Waals surface area (Å²) in [4.78, 5) is 10.8. The molecule has 0 spiro atoms. The van der Waals surface area contributed by atoms with Crippen molar-refractivity contribution in [3.05, 3.63) is 12.0 Å². The van der Waals surface area contributed by atoms with Crippen LogP contribution in [0.15, 0.2) is 12.0 Å². The van der Waals surface area contributed by atoms with Gasteiger partial charge in [0.15, 0.2) is 5.70 Å². The van der Waals surface area contributed by atoms with Crippen molar-refractivity contribution in [1.82, 2.24) is 5.48 Å². The fraction of sp³-hybridized carbons (Fsp3) is 0.625. The number of hydroxylamine groups is 1. The number of carbonyl (C=O) groups excluding carboxylic acids is 1. The Morgan fingerprint density at radius 1 is 1.54 bits per heavy atom. The molecule has 13 heavy (non-hydrogen) atoms. The molecule has 0 aromatic heterocycles. The molecule has 0 rings (SSSR count). The number of nitrogens with one attached hydrogen (secondary N) is 1. The molecule has 0 heterocycles. The first-order valence-electron chi connectivity index (χ1n) is 4.06. The fourth-order valence-corrected chi connectivity index (χ4v) is 0.447. The summed E-state index contributed by atoms with van der Waals surface area (Å²) in [5, 5.41) is 8.36. The van der Waals surface area contributed by atoms with Crippen molar-refractivity contribution in [1.29, 1.82) is 0 Å². The van der Waals surface area contributed by atoms with Crippen molar-refractivity contribution in [2.75, 3.05) is 13.7 Å². The highest BCUT2D eigenvalue weighted by Gasteiger charge is 2.08. The van der Waals surface area contributed by atoms with Gasteiger partial charge in [0, 0.05) is 0 Å². The van der Waals surface area contributed by atoms with Crippen molar-refractivity contribution in [3.63, 3.8) is 0 Å². The lowest BCUT2D eigenvalue weighted by molar-refractivity contribution is -0.140. The van der Waals surface area contributed by atoms with Crippen LogP contribution in [0.25, 0.3) is 0 Å². The molecule has 2 N–H and O–H groups in total. The van der Waals surface area contributed by atoms with Gasteiger partial charge in [0.25, 0.3) is 0 Å². The van der Waals surface area contributed by atoms with Gasteiger partial charge in [-0.3, -0.25) is 10.7 Å². The van der Waals surface area contributed by atoms with Crippen LogP contribution >= 0.6 is 0 Å². The first-order chi connectivity index (χ1) is 6.26. The van der Waals surface area contributed by atoms with E-state index in [0.717, 1.165) is 6.26 Å². The zero-order valence-electron chi connectivity index (χ0n) is 8.46. The topological polar surface area (TPSA) is 67.8 Å². The molecule has 0 saturated heterocycles. The lowest BCUT2D eigenvalue weighted by Gasteiger charge is -2.03. The molecular weight excluding hydrogens is 174 g/mol. The molecule has 0 bridgehead atoms. The molecule has 0 aliphatic heterocycles. The third-order valence-corrected chi connectivity index (χ3v) is 0.851. The molecule has 0 aromatic carbocycles. The smallest absolute Gasteiger partial charge is 0.359 e. The van der Waals surface area contributed by atoms with Gasteiger partial charge in [0.05, 0.1) is 13.7 Å². The van der Waals surface area contributed by atoms with Crippen LogP contribution in [0.1, 0.15) is 20.8 Å². The van der Waals surface area contributed by atoms with Gasteiger partial charge in [-0.15, -0.1) is 0 Å². The molecular formula is C8H17NO4. The first kappa shape index (κ1) is 14.3. The zero-order valence-corrected chi connectivity index (χ0v) is 8.46. The molecule has 0 atom stereocenters. The van der Waals surface area contributed by atoms with Gasteiger partial charge in [-0.05, 0) is 6.92 Å². The number of esters is 1. The second-order valence-corrected chi connectivity index (χ2v) is 1.60. The summed E-state index contributed by atoms with van der Waals surface area (Å²) in [6.07, 6.45) is 1.05. The molecule has 5 heteroatoms. The molecule has 0 aromatic rings. The van der Waals surface area contributed by atoms with E-state index in [2.05, 4.69) is 9.47 Å². The second-order valence-electron chi connectivity index (χ2n) is 1.60. The summed E-state index contributed by atoms with van der Waals surface area (Å²) in [6, 6.07) is 0. The van der Waals surface area contributed by atoms with Crippen molar-refractivity contribution in [2.45, 2.75) is 20.8 Å². The van der Waals surface area contributed by atoms with Gasteiger partial charge >= 0.3 is 5.97 Å². The van der Waals surface area contributed by atoms with Crippen LogP contribution in [0.2, 0.25) is 0 Å². The van der Waals surface area contributed by atoms with Crippen LogP contribution < -0.4 is 5.48 Å². The number of methoxy groups -OCH3 is 1. The van der Waals surface area contributed by atoms with E-state index in [0.29, 0.717) is 0 Å². The monoisotopic (exact) mass is 191 g/mol. The Bertz CT molecular complexity index is 156. The summed E-state index contributed by atoms with van der Waals surface area (Å²) < 4.78 is 9.01. The minimum Gasteiger partial charge on any atom is -0.502 e. The average molecular weight is 191 g/mol. The first-order valence-corrected chi connectivity index (χ1v) is 4.06. The predicted octanol–water partition coefficient (Wildman–Crippen LogP) is 1.04. The Labute approximate surface area is 78.3 Å². The molecule has 0 saturated carbocycles. The van der Waals surface area contributed by atoms with Crippen LogP contribution in [0, 0.1) is 0 Å². The van der Waals surface area contributed by atoms with E-state index in [1.807, 2.05) is 13.8 Å². The largest absolute Gasteiger partial charge is 0.502 e. The van der Waals surface area contributed by atoms with Crippen molar-refractivity contribution >= 4 is 5.97 Å². The number of ether oxygens (including phenoxy) is 2. The molecule has 0 fully saturated rings. The third-order valence-electron chi connectivity index (χ3n) is 0.851. The molecule has 0 unspecified atom stereocenters. The summed E-state index contributed by atoms with van der Waals surface area (Å²) in [6.45, 7) is 5.92. The molecule has 0 amide bonds. The quantitative estimate of drug-likeness (QED) is 0.301. The normalized spacial score (nSPS) is 9.46. The summed E-state index contributed by atoms with van der Waals surface area (Å²) in [5.41, 5.74) is 1.52. The van der Waals surface area contributed by atoms with Crippen molar-refractivity contribution in [2.24, 2.45) is 0 Å². The van der Waals surface area contributed by atoms with E-state index in [9.17, 15) is 4.79 Å². The van der Waals surface area contributed by atoms with Gasteiger partial charge in [0.2, 0.25) is 0 Å². The van der Waals surface area contributed by atoms with Gasteiger partial charge in [-0.25, -0.2) is 4.79 Å². The SMILES string of the molecule is CC.CCOC(=O)/C(=C/OC)NO. The summed E-state index contributed by atoms with van der Waals surface area (Å²) in [5.74, 6) is -0.656. The standard InChI is InChI=1S/C6H11NO4.C2H6/c1-3-11-6(8)5(7-9)4-10-2;1-2/h4,7,9H,3H2,1-2H3;1-2H3/b5-4-;. The minimum atomic E-state index is -0.656. The van der Waals surface area contributed by atoms with Gasteiger partial charge in [0.1, 0.15) is 6.26 Å². The van der Waals surface area contributed by atoms with Crippen LogP contribution in [-0.4, -0.2) is 24.9 Å². The Morgan fingerprint density at radius 2 is 2.08 bits per heavy atom. The highest BCUT2D eigenvalue weighted by atomic mass is 16.5. The maximum Gasteiger partial charge on any atom is 0.359 e. The lowest BCUT2D eigenvalue weighted by Crippen LogP contribution is -2.19. The number of hydrogen-bond donors (Lipinski definition) is 2. The van der Waals surface area contributed by atoms with E-state index in [-0.39, 0.29) is 12.3 Å². The fourth-order valence-electron chi connectivity index (χ4n) is 0.447. The molecule has 0 radical (unpaired) electrons. The van der Waals surface area contributed by atoms with Gasteiger partial charge in [-0.2, -0.15) is 0 Å². The van der Waals surface area contributed by atoms with E-state index in [1.54, 1.807) is 12.4 Å². The zero-order chi connectivity index (χ0) is 10.7. The Morgan fingerprint density at radius 3 is 2.38 bits per heavy atom. The maximum atomic E-state index is 10.8. The average Bonchev–Trinajstić information content (AvgIpc) is 2.17. The predicted molar refractivity (Wildman–Crippen MR) is 48.0 cm³/mol. The van der Waals surface area contributed by atoms with Crippen LogP contribution in [-0.2, 0) is 14.3 Å². The number of carbonyl (C=O) groups is 1. The molecule has 0 aliphatic rings. The molecule has 5 nitrogen and oxygen atoms in total. The van der Waals surface area contributed by atoms with E-state index in [1.165, 1.54) is 7.11 Å². The van der Waals surface area contributed by atoms with Crippen molar-refractivity contribution < 1.29 is 19.5 Å². The van der Waals surface area contributed by atoms with E-state index in [4.69, 9.17) is 5.21 Å². The molecule has 0 aliphatic carbocycles. The Balaban J connectivity index is 0. The Hall–Kier alpha value is -1.23. The van der Waals surface area contributed by atoms with Crippen molar-refractivity contribution in [3.8, 4) is 0 Å². The highest BCUT2D eigenvalue weighted by Crippen LogP contribution is 1.92. The second kappa shape index (κ2) is 10.8. The lowest BCUT2D eigenvalue weighted by atomic mass is 10.5. The number of hydrogen-bond acceptors (Lipinski definition) is 5. The van der Waals surface area contributed by atoms with E-state index < -0.39 is 5.97 Å². The summed E-state index contributed by atoms with van der Waals surface area (Å²) in [7, 11) is 1.36. The summed E-state index contributed by atoms with van der Waals surface area (Å²) >= 11 is 0. The van der Waals surface area contributed by atoms with E-state index >= 15 is 0 Å². The molecule has 78 valence electrons. The maximum absolute atomic E-state index is 10.8. The van der Waals surface area contributed by atoms with Crippen LogP contribution in [0.4, 0.5) is 0 Å². The van der Waals surface area contributed by atoms with Crippen LogP contribution in [0.3, 0.4) is 0 Å². The van der Waals surface area contributed by atoms with Crippen LogP contribution in [0.5, 0.6) is 0 Å². The van der Waals surface area contributed by atoms with Gasteiger partial charge in [-0.1, -0.05) is 13.8 Å². The minimum absolute atomic E-state index is 0.130. The Kier molecular flexibility index (Phi) is 11.8. The number of rotatable bonds is 4. The highest BCUT2D eigenvalue weighted by molar-refractivity contribution is 5.87.